The van der Waals surface area contributed by atoms with Crippen LogP contribution in [0.1, 0.15) is 12.5 Å². The average Bonchev–Trinajstić information content (AvgIpc) is 3.19. The highest BCUT2D eigenvalue weighted by Crippen LogP contribution is 2.18. The van der Waals surface area contributed by atoms with Crippen LogP contribution in [0.2, 0.25) is 0 Å². The number of hydrogen-bond donors (Lipinski definition) is 2. The maximum Gasteiger partial charge on any atom is 0.315 e. The summed E-state index contributed by atoms with van der Waals surface area (Å²) in [4.78, 5) is 18.5. The zero-order chi connectivity index (χ0) is 16.8. The first-order valence-electron chi connectivity index (χ1n) is 8.47. The Balaban J connectivity index is 1.41. The maximum atomic E-state index is 12.1. The molecule has 2 aromatic rings. The van der Waals surface area contributed by atoms with Gasteiger partial charge in [-0.15, -0.1) is 0 Å². The van der Waals surface area contributed by atoms with Crippen LogP contribution in [-0.2, 0) is 13.1 Å². The topological polar surface area (TPSA) is 62.2 Å². The number of nitrogens with one attached hydrogen (secondary N) is 2. The number of aromatic nitrogens is 2. The molecule has 1 saturated heterocycles. The Hall–Kier alpha value is -2.34. The van der Waals surface area contributed by atoms with Crippen molar-refractivity contribution in [2.45, 2.75) is 26.1 Å². The molecule has 1 aromatic carbocycles. The minimum atomic E-state index is -0.0893. The summed E-state index contributed by atoms with van der Waals surface area (Å²) in [5.74, 6) is 0.452. The van der Waals surface area contributed by atoms with Crippen molar-refractivity contribution in [3.8, 4) is 0 Å². The van der Waals surface area contributed by atoms with E-state index in [2.05, 4.69) is 51.7 Å². The summed E-state index contributed by atoms with van der Waals surface area (Å²) in [7, 11) is 0. The SMILES string of the molecule is C[C@H]1CN(Cc2ccccc2)C[C@@H]1NC(=O)NCCn1ccnc1. The van der Waals surface area contributed by atoms with Crippen LogP contribution >= 0.6 is 0 Å². The summed E-state index contributed by atoms with van der Waals surface area (Å²) < 4.78 is 1.94. The van der Waals surface area contributed by atoms with Crippen LogP contribution in [0.15, 0.2) is 49.1 Å². The summed E-state index contributed by atoms with van der Waals surface area (Å²) in [6.07, 6.45) is 5.38. The van der Waals surface area contributed by atoms with Gasteiger partial charge in [0.2, 0.25) is 0 Å². The molecular formula is C18H25N5O. The van der Waals surface area contributed by atoms with Gasteiger partial charge in [-0.3, -0.25) is 4.90 Å². The molecule has 1 aliphatic rings. The number of carbonyl (C=O) groups excluding carboxylic acids is 1. The van der Waals surface area contributed by atoms with Crippen molar-refractivity contribution >= 4 is 6.03 Å². The van der Waals surface area contributed by atoms with E-state index >= 15 is 0 Å². The first-order valence-corrected chi connectivity index (χ1v) is 8.47. The fourth-order valence-corrected chi connectivity index (χ4v) is 3.16. The van der Waals surface area contributed by atoms with Crippen molar-refractivity contribution in [2.75, 3.05) is 19.6 Å². The van der Waals surface area contributed by atoms with Crippen LogP contribution in [-0.4, -0.2) is 46.2 Å². The summed E-state index contributed by atoms with van der Waals surface area (Å²) in [6, 6.07) is 10.6. The molecule has 2 atom stereocenters. The van der Waals surface area contributed by atoms with Crippen molar-refractivity contribution < 1.29 is 4.79 Å². The Morgan fingerprint density at radius 3 is 2.88 bits per heavy atom. The van der Waals surface area contributed by atoms with Gasteiger partial charge in [0.1, 0.15) is 0 Å². The van der Waals surface area contributed by atoms with E-state index in [0.29, 0.717) is 12.5 Å². The van der Waals surface area contributed by atoms with E-state index in [-0.39, 0.29) is 12.1 Å². The number of hydrogen-bond acceptors (Lipinski definition) is 3. The molecule has 0 unspecified atom stereocenters. The lowest BCUT2D eigenvalue weighted by molar-refractivity contribution is 0.234. The smallest absolute Gasteiger partial charge is 0.315 e. The third kappa shape index (κ3) is 4.58. The standard InChI is InChI=1S/C18H25N5O/c1-15-11-23(12-16-5-3-2-4-6-16)13-17(15)21-18(24)20-8-10-22-9-7-19-14-22/h2-7,9,14-15,17H,8,10-13H2,1H3,(H2,20,21,24)/t15-,17-/m0/s1. The molecular weight excluding hydrogens is 302 g/mol. The lowest BCUT2D eigenvalue weighted by Gasteiger charge is -2.18. The molecule has 1 fully saturated rings. The Bertz CT molecular complexity index is 628. The quantitative estimate of drug-likeness (QED) is 0.849. The fourth-order valence-electron chi connectivity index (χ4n) is 3.16. The average molecular weight is 327 g/mol. The van der Waals surface area contributed by atoms with E-state index in [1.165, 1.54) is 5.56 Å². The number of amides is 2. The van der Waals surface area contributed by atoms with Gasteiger partial charge in [0.15, 0.2) is 0 Å². The largest absolute Gasteiger partial charge is 0.336 e. The van der Waals surface area contributed by atoms with Gasteiger partial charge in [-0.1, -0.05) is 37.3 Å². The van der Waals surface area contributed by atoms with Crippen molar-refractivity contribution in [2.24, 2.45) is 5.92 Å². The normalized spacial score (nSPS) is 20.9. The molecule has 0 radical (unpaired) electrons. The molecule has 1 aliphatic heterocycles. The van der Waals surface area contributed by atoms with Gasteiger partial charge in [0.05, 0.1) is 6.33 Å². The Morgan fingerprint density at radius 1 is 1.29 bits per heavy atom. The minimum Gasteiger partial charge on any atom is -0.336 e. The van der Waals surface area contributed by atoms with Gasteiger partial charge in [-0.2, -0.15) is 0 Å². The first-order chi connectivity index (χ1) is 11.7. The van der Waals surface area contributed by atoms with Crippen molar-refractivity contribution in [1.82, 2.24) is 25.1 Å². The number of likely N-dealkylation sites (tertiary alicyclic amines) is 1. The number of imidazole rings is 1. The van der Waals surface area contributed by atoms with E-state index in [0.717, 1.165) is 26.2 Å². The number of benzene rings is 1. The Morgan fingerprint density at radius 2 is 2.12 bits per heavy atom. The first kappa shape index (κ1) is 16.5. The highest BCUT2D eigenvalue weighted by atomic mass is 16.2. The van der Waals surface area contributed by atoms with E-state index in [1.54, 1.807) is 12.5 Å². The van der Waals surface area contributed by atoms with E-state index in [4.69, 9.17) is 0 Å². The maximum absolute atomic E-state index is 12.1. The predicted molar refractivity (Wildman–Crippen MR) is 93.4 cm³/mol. The molecule has 6 nitrogen and oxygen atoms in total. The minimum absolute atomic E-state index is 0.0893. The van der Waals surface area contributed by atoms with Crippen LogP contribution in [0, 0.1) is 5.92 Å². The molecule has 1 aromatic heterocycles. The Kier molecular flexibility index (Phi) is 5.48. The van der Waals surface area contributed by atoms with Crippen molar-refractivity contribution in [1.29, 1.82) is 0 Å². The zero-order valence-corrected chi connectivity index (χ0v) is 14.1. The molecule has 24 heavy (non-hydrogen) atoms. The highest BCUT2D eigenvalue weighted by molar-refractivity contribution is 5.74. The molecule has 2 amide bonds. The molecule has 0 spiro atoms. The van der Waals surface area contributed by atoms with Crippen LogP contribution in [0.3, 0.4) is 0 Å². The lowest BCUT2D eigenvalue weighted by Crippen LogP contribution is -2.46. The molecule has 2 N–H and O–H groups in total. The monoisotopic (exact) mass is 327 g/mol. The van der Waals surface area contributed by atoms with Gasteiger partial charge in [-0.05, 0) is 11.5 Å². The lowest BCUT2D eigenvalue weighted by atomic mass is 10.1. The number of urea groups is 1. The van der Waals surface area contributed by atoms with Crippen LogP contribution in [0.5, 0.6) is 0 Å². The summed E-state index contributed by atoms with van der Waals surface area (Å²) in [5.41, 5.74) is 1.31. The van der Waals surface area contributed by atoms with Gasteiger partial charge in [0, 0.05) is 51.2 Å². The third-order valence-electron chi connectivity index (χ3n) is 4.47. The second-order valence-electron chi connectivity index (χ2n) is 6.46. The molecule has 0 aliphatic carbocycles. The van der Waals surface area contributed by atoms with E-state index in [1.807, 2.05) is 16.8 Å². The summed E-state index contributed by atoms with van der Waals surface area (Å²) >= 11 is 0. The third-order valence-corrected chi connectivity index (χ3v) is 4.47. The fraction of sp³-hybridized carbons (Fsp3) is 0.444. The second kappa shape index (κ2) is 7.97. The van der Waals surface area contributed by atoms with Crippen LogP contribution in [0.4, 0.5) is 4.79 Å². The predicted octanol–water partition coefficient (Wildman–Crippen LogP) is 1.70. The van der Waals surface area contributed by atoms with Crippen molar-refractivity contribution in [3.05, 3.63) is 54.6 Å². The molecule has 128 valence electrons. The number of carbonyl (C=O) groups is 1. The molecule has 0 saturated carbocycles. The summed E-state index contributed by atoms with van der Waals surface area (Å²) in [6.45, 7) is 6.36. The van der Waals surface area contributed by atoms with Gasteiger partial charge in [-0.25, -0.2) is 9.78 Å². The van der Waals surface area contributed by atoms with Gasteiger partial charge >= 0.3 is 6.03 Å². The van der Waals surface area contributed by atoms with Crippen LogP contribution in [0.25, 0.3) is 0 Å². The molecule has 3 rings (SSSR count). The van der Waals surface area contributed by atoms with Crippen molar-refractivity contribution in [3.63, 3.8) is 0 Å². The second-order valence-corrected chi connectivity index (χ2v) is 6.46. The summed E-state index contributed by atoms with van der Waals surface area (Å²) in [5, 5.41) is 6.02. The number of rotatable bonds is 6. The molecule has 2 heterocycles. The number of nitrogens with zero attached hydrogens (tertiary/aromatic N) is 3. The molecule has 0 bridgehead atoms. The zero-order valence-electron chi connectivity index (χ0n) is 14.1. The van der Waals surface area contributed by atoms with Gasteiger partial charge < -0.3 is 15.2 Å². The van der Waals surface area contributed by atoms with E-state index in [9.17, 15) is 4.79 Å². The van der Waals surface area contributed by atoms with Crippen LogP contribution < -0.4 is 10.6 Å². The van der Waals surface area contributed by atoms with Gasteiger partial charge in [0.25, 0.3) is 0 Å². The molecule has 6 heteroatoms. The Labute approximate surface area is 142 Å². The van der Waals surface area contributed by atoms with E-state index < -0.39 is 0 Å². The highest BCUT2D eigenvalue weighted by Gasteiger charge is 2.30.